The molecule has 0 aromatic heterocycles. The maximum Gasteiger partial charge on any atom is 0.127 e. The predicted molar refractivity (Wildman–Crippen MR) is 76.4 cm³/mol. The highest BCUT2D eigenvalue weighted by Gasteiger charge is 2.20. The highest BCUT2D eigenvalue weighted by atomic mass is 35.5. The van der Waals surface area contributed by atoms with Crippen LogP contribution < -0.4 is 0 Å². The van der Waals surface area contributed by atoms with Crippen LogP contribution in [0.2, 0.25) is 5.02 Å². The molecule has 1 saturated heterocycles. The second-order valence-corrected chi connectivity index (χ2v) is 5.59. The standard InChI is InChI=1S/C14H18Cl2FNO/c15-5-8-19-13-3-6-18(7-4-13)10-11-9-12(16)1-2-14(11)17/h1-2,9,13H,3-8,10H2. The molecule has 2 nitrogen and oxygen atoms in total. The summed E-state index contributed by atoms with van der Waals surface area (Å²) >= 11 is 11.5. The Morgan fingerprint density at radius 2 is 2.05 bits per heavy atom. The molecule has 0 spiro atoms. The Labute approximate surface area is 123 Å². The van der Waals surface area contributed by atoms with Crippen LogP contribution in [0, 0.1) is 5.82 Å². The maximum atomic E-state index is 13.6. The quantitative estimate of drug-likeness (QED) is 0.769. The van der Waals surface area contributed by atoms with Crippen LogP contribution >= 0.6 is 23.2 Å². The normalized spacial score (nSPS) is 17.8. The highest BCUT2D eigenvalue weighted by Crippen LogP contribution is 2.20. The van der Waals surface area contributed by atoms with Crippen molar-refractivity contribution in [3.8, 4) is 0 Å². The summed E-state index contributed by atoms with van der Waals surface area (Å²) in [6.45, 7) is 3.04. The Balaban J connectivity index is 1.83. The molecule has 0 atom stereocenters. The number of alkyl halides is 1. The fourth-order valence-corrected chi connectivity index (χ4v) is 2.63. The zero-order valence-corrected chi connectivity index (χ0v) is 12.3. The average molecular weight is 306 g/mol. The van der Waals surface area contributed by atoms with Crippen molar-refractivity contribution >= 4 is 23.2 Å². The molecule has 2 rings (SSSR count). The molecule has 1 fully saturated rings. The molecule has 0 N–H and O–H groups in total. The second kappa shape index (κ2) is 7.44. The largest absolute Gasteiger partial charge is 0.377 e. The van der Waals surface area contributed by atoms with Crippen molar-refractivity contribution in [3.05, 3.63) is 34.6 Å². The minimum atomic E-state index is -0.190. The molecule has 1 aromatic rings. The number of piperidine rings is 1. The van der Waals surface area contributed by atoms with E-state index in [1.807, 2.05) is 0 Å². The van der Waals surface area contributed by atoms with Crippen LogP contribution in [-0.2, 0) is 11.3 Å². The summed E-state index contributed by atoms with van der Waals surface area (Å²) in [5, 5.41) is 0.580. The number of hydrogen-bond donors (Lipinski definition) is 0. The third kappa shape index (κ3) is 4.60. The molecule has 1 aromatic carbocycles. The van der Waals surface area contributed by atoms with E-state index >= 15 is 0 Å². The lowest BCUT2D eigenvalue weighted by atomic mass is 10.1. The number of nitrogens with zero attached hydrogens (tertiary/aromatic N) is 1. The van der Waals surface area contributed by atoms with Gasteiger partial charge >= 0.3 is 0 Å². The molecule has 0 amide bonds. The van der Waals surface area contributed by atoms with Gasteiger partial charge in [-0.25, -0.2) is 4.39 Å². The average Bonchev–Trinajstić information content (AvgIpc) is 2.42. The van der Waals surface area contributed by atoms with Crippen molar-refractivity contribution in [1.82, 2.24) is 4.90 Å². The minimum Gasteiger partial charge on any atom is -0.377 e. The van der Waals surface area contributed by atoms with E-state index in [4.69, 9.17) is 27.9 Å². The van der Waals surface area contributed by atoms with Crippen molar-refractivity contribution in [1.29, 1.82) is 0 Å². The summed E-state index contributed by atoms with van der Waals surface area (Å²) in [6.07, 6.45) is 2.23. The fraction of sp³-hybridized carbons (Fsp3) is 0.571. The van der Waals surface area contributed by atoms with E-state index < -0.39 is 0 Å². The molecule has 0 unspecified atom stereocenters. The topological polar surface area (TPSA) is 12.5 Å². The Morgan fingerprint density at radius 3 is 2.74 bits per heavy atom. The van der Waals surface area contributed by atoms with E-state index in [9.17, 15) is 4.39 Å². The Hall–Kier alpha value is -0.350. The zero-order valence-electron chi connectivity index (χ0n) is 10.7. The zero-order chi connectivity index (χ0) is 13.7. The van der Waals surface area contributed by atoms with Gasteiger partial charge in [-0.3, -0.25) is 4.90 Å². The van der Waals surface area contributed by atoms with E-state index in [0.29, 0.717) is 35.7 Å². The lowest BCUT2D eigenvalue weighted by Crippen LogP contribution is -2.37. The molecular formula is C14H18Cl2FNO. The monoisotopic (exact) mass is 305 g/mol. The molecule has 1 aliphatic rings. The van der Waals surface area contributed by atoms with Crippen LogP contribution in [-0.4, -0.2) is 36.6 Å². The molecule has 5 heteroatoms. The van der Waals surface area contributed by atoms with Gasteiger partial charge in [0.25, 0.3) is 0 Å². The molecular weight excluding hydrogens is 288 g/mol. The third-order valence-electron chi connectivity index (χ3n) is 3.37. The number of benzene rings is 1. The summed E-state index contributed by atoms with van der Waals surface area (Å²) < 4.78 is 19.3. The van der Waals surface area contributed by atoms with Crippen LogP contribution in [0.1, 0.15) is 18.4 Å². The highest BCUT2D eigenvalue weighted by molar-refractivity contribution is 6.30. The van der Waals surface area contributed by atoms with E-state index in [-0.39, 0.29) is 5.82 Å². The smallest absolute Gasteiger partial charge is 0.127 e. The Morgan fingerprint density at radius 1 is 1.32 bits per heavy atom. The van der Waals surface area contributed by atoms with Crippen LogP contribution in [0.3, 0.4) is 0 Å². The van der Waals surface area contributed by atoms with Crippen LogP contribution in [0.15, 0.2) is 18.2 Å². The van der Waals surface area contributed by atoms with Crippen LogP contribution in [0.25, 0.3) is 0 Å². The van der Waals surface area contributed by atoms with Gasteiger partial charge in [0.05, 0.1) is 12.7 Å². The molecule has 0 aliphatic carbocycles. The lowest BCUT2D eigenvalue weighted by molar-refractivity contribution is 0.0133. The summed E-state index contributed by atoms with van der Waals surface area (Å²) in [5.41, 5.74) is 0.660. The third-order valence-corrected chi connectivity index (χ3v) is 3.76. The second-order valence-electron chi connectivity index (χ2n) is 4.77. The number of ether oxygens (including phenoxy) is 1. The fourth-order valence-electron chi connectivity index (χ4n) is 2.35. The van der Waals surface area contributed by atoms with Crippen molar-refractivity contribution in [2.45, 2.75) is 25.5 Å². The number of hydrogen-bond acceptors (Lipinski definition) is 2. The van der Waals surface area contributed by atoms with Gasteiger partial charge in [0.1, 0.15) is 5.82 Å². The van der Waals surface area contributed by atoms with Gasteiger partial charge in [0.2, 0.25) is 0 Å². The molecule has 0 saturated carbocycles. The molecule has 0 bridgehead atoms. The molecule has 1 aliphatic heterocycles. The summed E-state index contributed by atoms with van der Waals surface area (Å²) in [5.74, 6) is 0.346. The van der Waals surface area contributed by atoms with Gasteiger partial charge in [0, 0.05) is 36.1 Å². The predicted octanol–water partition coefficient (Wildman–Crippen LogP) is 3.70. The van der Waals surface area contributed by atoms with Crippen molar-refractivity contribution in [3.63, 3.8) is 0 Å². The number of rotatable bonds is 5. The first-order chi connectivity index (χ1) is 9.19. The summed E-state index contributed by atoms with van der Waals surface area (Å²) in [7, 11) is 0. The Bertz CT molecular complexity index is 408. The van der Waals surface area contributed by atoms with Gasteiger partial charge in [-0.2, -0.15) is 0 Å². The summed E-state index contributed by atoms with van der Waals surface area (Å²) in [4.78, 5) is 2.23. The van der Waals surface area contributed by atoms with Gasteiger partial charge in [-0.05, 0) is 31.0 Å². The summed E-state index contributed by atoms with van der Waals surface area (Å²) in [6, 6.07) is 4.70. The van der Waals surface area contributed by atoms with Gasteiger partial charge in [-0.1, -0.05) is 11.6 Å². The van der Waals surface area contributed by atoms with Gasteiger partial charge in [0.15, 0.2) is 0 Å². The first-order valence-electron chi connectivity index (χ1n) is 6.53. The number of halogens is 3. The van der Waals surface area contributed by atoms with E-state index in [1.165, 1.54) is 6.07 Å². The molecule has 1 heterocycles. The lowest BCUT2D eigenvalue weighted by Gasteiger charge is -2.31. The molecule has 0 radical (unpaired) electrons. The van der Waals surface area contributed by atoms with E-state index in [1.54, 1.807) is 12.1 Å². The van der Waals surface area contributed by atoms with Crippen LogP contribution in [0.4, 0.5) is 4.39 Å². The minimum absolute atomic E-state index is 0.190. The van der Waals surface area contributed by atoms with E-state index in [2.05, 4.69) is 4.90 Å². The van der Waals surface area contributed by atoms with Crippen molar-refractivity contribution in [2.24, 2.45) is 0 Å². The molecule has 19 heavy (non-hydrogen) atoms. The Kier molecular flexibility index (Phi) is 5.89. The van der Waals surface area contributed by atoms with Crippen molar-refractivity contribution < 1.29 is 9.13 Å². The molecule has 106 valence electrons. The first kappa shape index (κ1) is 15.0. The SMILES string of the molecule is Fc1ccc(Cl)cc1CN1CCC(OCCCl)CC1. The van der Waals surface area contributed by atoms with Crippen molar-refractivity contribution in [2.75, 3.05) is 25.6 Å². The number of likely N-dealkylation sites (tertiary alicyclic amines) is 1. The van der Waals surface area contributed by atoms with Gasteiger partial charge < -0.3 is 4.74 Å². The first-order valence-corrected chi connectivity index (χ1v) is 7.44. The van der Waals surface area contributed by atoms with Gasteiger partial charge in [-0.15, -0.1) is 11.6 Å². The van der Waals surface area contributed by atoms with Crippen LogP contribution in [0.5, 0.6) is 0 Å². The van der Waals surface area contributed by atoms with E-state index in [0.717, 1.165) is 25.9 Å². The maximum absolute atomic E-state index is 13.6.